The van der Waals surface area contributed by atoms with Crippen LogP contribution < -0.4 is 4.74 Å². The van der Waals surface area contributed by atoms with Gasteiger partial charge >= 0.3 is 0 Å². The van der Waals surface area contributed by atoms with Crippen LogP contribution in [0.25, 0.3) is 0 Å². The van der Waals surface area contributed by atoms with Gasteiger partial charge in [-0.3, -0.25) is 4.79 Å². The first-order valence-corrected chi connectivity index (χ1v) is 7.39. The van der Waals surface area contributed by atoms with Gasteiger partial charge in [-0.25, -0.2) is 0 Å². The number of carbonyl (C=O) groups is 1. The van der Waals surface area contributed by atoms with Crippen molar-refractivity contribution in [3.8, 4) is 5.75 Å². The van der Waals surface area contributed by atoms with Gasteiger partial charge < -0.3 is 19.2 Å². The molecule has 2 aliphatic rings. The predicted molar refractivity (Wildman–Crippen MR) is 81.0 cm³/mol. The Hall–Kier alpha value is -2.08. The third kappa shape index (κ3) is 2.78. The minimum Gasteiger partial charge on any atom is -0.497 e. The maximum Gasteiger partial charge on any atom is 0.269 e. The maximum absolute atomic E-state index is 12.7. The third-order valence-corrected chi connectivity index (χ3v) is 4.04. The Labute approximate surface area is 129 Å². The predicted octanol–water partition coefficient (Wildman–Crippen LogP) is 1.44. The van der Waals surface area contributed by atoms with E-state index in [0.717, 1.165) is 17.0 Å². The molecule has 1 aromatic rings. The zero-order chi connectivity index (χ0) is 15.6. The molecule has 0 saturated carbocycles. The van der Waals surface area contributed by atoms with Crippen LogP contribution in [0.5, 0.6) is 5.75 Å². The normalized spacial score (nSPS) is 24.6. The lowest BCUT2D eigenvalue weighted by molar-refractivity contribution is -0.157. The molecule has 2 heterocycles. The minimum atomic E-state index is -0.924. The highest BCUT2D eigenvalue weighted by Gasteiger charge is 2.44. The molecule has 0 bridgehead atoms. The zero-order valence-corrected chi connectivity index (χ0v) is 12.9. The van der Waals surface area contributed by atoms with E-state index in [1.54, 1.807) is 18.9 Å². The molecule has 1 aromatic carbocycles. The smallest absolute Gasteiger partial charge is 0.269 e. The van der Waals surface area contributed by atoms with Gasteiger partial charge in [-0.1, -0.05) is 5.16 Å². The first-order chi connectivity index (χ1) is 10.6. The van der Waals surface area contributed by atoms with E-state index >= 15 is 0 Å². The molecule has 0 unspecified atom stereocenters. The minimum absolute atomic E-state index is 0.0249. The second kappa shape index (κ2) is 5.96. The fourth-order valence-corrected chi connectivity index (χ4v) is 2.69. The summed E-state index contributed by atoms with van der Waals surface area (Å²) in [5, 5.41) is 4.13. The molecule has 1 atom stereocenters. The molecule has 1 saturated heterocycles. The van der Waals surface area contributed by atoms with Crippen LogP contribution in [0.15, 0.2) is 29.4 Å². The Morgan fingerprint density at radius 3 is 2.59 bits per heavy atom. The van der Waals surface area contributed by atoms with Crippen molar-refractivity contribution in [2.45, 2.75) is 18.9 Å². The van der Waals surface area contributed by atoms with E-state index in [-0.39, 0.29) is 5.91 Å². The van der Waals surface area contributed by atoms with Crippen molar-refractivity contribution in [2.75, 3.05) is 33.4 Å². The Morgan fingerprint density at radius 2 is 1.95 bits per heavy atom. The van der Waals surface area contributed by atoms with Gasteiger partial charge in [0.05, 0.1) is 26.0 Å². The van der Waals surface area contributed by atoms with Crippen LogP contribution in [0.1, 0.15) is 18.9 Å². The summed E-state index contributed by atoms with van der Waals surface area (Å²) in [6.45, 7) is 4.16. The zero-order valence-electron chi connectivity index (χ0n) is 12.9. The topological polar surface area (TPSA) is 60.4 Å². The van der Waals surface area contributed by atoms with Gasteiger partial charge in [0.15, 0.2) is 0 Å². The number of benzene rings is 1. The van der Waals surface area contributed by atoms with Gasteiger partial charge in [0.2, 0.25) is 5.60 Å². The molecule has 22 heavy (non-hydrogen) atoms. The Balaban J connectivity index is 1.69. The van der Waals surface area contributed by atoms with Gasteiger partial charge in [-0.05, 0) is 36.8 Å². The quantitative estimate of drug-likeness (QED) is 0.848. The highest BCUT2D eigenvalue weighted by molar-refractivity contribution is 6.05. The Morgan fingerprint density at radius 1 is 1.27 bits per heavy atom. The fourth-order valence-electron chi connectivity index (χ4n) is 2.69. The van der Waals surface area contributed by atoms with Crippen LogP contribution in [0.2, 0.25) is 0 Å². The molecule has 6 heteroatoms. The maximum atomic E-state index is 12.7. The summed E-state index contributed by atoms with van der Waals surface area (Å²) >= 11 is 0. The molecule has 0 aliphatic carbocycles. The Bertz CT molecular complexity index is 578. The lowest BCUT2D eigenvalue weighted by atomic mass is 9.94. The van der Waals surface area contributed by atoms with E-state index in [1.807, 2.05) is 24.3 Å². The molecule has 0 spiro atoms. The van der Waals surface area contributed by atoms with Gasteiger partial charge in [-0.2, -0.15) is 0 Å². The number of nitrogens with zero attached hydrogens (tertiary/aromatic N) is 2. The average Bonchev–Trinajstić information content (AvgIpc) is 2.98. The summed E-state index contributed by atoms with van der Waals surface area (Å²) in [6.07, 6.45) is 0.468. The first-order valence-electron chi connectivity index (χ1n) is 7.39. The van der Waals surface area contributed by atoms with E-state index < -0.39 is 5.60 Å². The molecule has 1 fully saturated rings. The summed E-state index contributed by atoms with van der Waals surface area (Å²) < 4.78 is 10.4. The van der Waals surface area contributed by atoms with Gasteiger partial charge in [-0.15, -0.1) is 0 Å². The SMILES string of the molecule is COc1ccc(C2=NO[C@@](C)(C(=O)N3CCOCC3)C2)cc1. The molecular formula is C16H20N2O4. The second-order valence-electron chi connectivity index (χ2n) is 5.67. The summed E-state index contributed by atoms with van der Waals surface area (Å²) in [5.41, 5.74) is 0.804. The molecule has 2 aliphatic heterocycles. The first kappa shape index (κ1) is 14.8. The van der Waals surface area contributed by atoms with Crippen molar-refractivity contribution < 1.29 is 19.1 Å². The van der Waals surface area contributed by atoms with Gasteiger partial charge in [0.25, 0.3) is 5.91 Å². The number of amides is 1. The van der Waals surface area contributed by atoms with Crippen LogP contribution in [0.3, 0.4) is 0 Å². The molecule has 0 N–H and O–H groups in total. The highest BCUT2D eigenvalue weighted by Crippen LogP contribution is 2.29. The second-order valence-corrected chi connectivity index (χ2v) is 5.67. The number of hydrogen-bond acceptors (Lipinski definition) is 5. The lowest BCUT2D eigenvalue weighted by Gasteiger charge is -2.32. The summed E-state index contributed by atoms with van der Waals surface area (Å²) in [7, 11) is 1.63. The van der Waals surface area contributed by atoms with E-state index in [0.29, 0.717) is 32.7 Å². The summed E-state index contributed by atoms with van der Waals surface area (Å²) in [6, 6.07) is 7.59. The summed E-state index contributed by atoms with van der Waals surface area (Å²) in [4.78, 5) is 19.9. The van der Waals surface area contributed by atoms with E-state index in [4.69, 9.17) is 14.3 Å². The standard InChI is InChI=1S/C16H20N2O4/c1-16(15(19)18-7-9-21-10-8-18)11-14(17-22-16)12-3-5-13(20-2)6-4-12/h3-6H,7-11H2,1-2H3/t16-/m1/s1. The van der Waals surface area contributed by atoms with Crippen LogP contribution in [-0.2, 0) is 14.4 Å². The van der Waals surface area contributed by atoms with Crippen molar-refractivity contribution in [3.63, 3.8) is 0 Å². The van der Waals surface area contributed by atoms with Crippen LogP contribution >= 0.6 is 0 Å². The van der Waals surface area contributed by atoms with Crippen molar-refractivity contribution in [1.82, 2.24) is 4.90 Å². The van der Waals surface area contributed by atoms with Crippen LogP contribution in [0.4, 0.5) is 0 Å². The van der Waals surface area contributed by atoms with Crippen LogP contribution in [-0.4, -0.2) is 55.5 Å². The number of carbonyl (C=O) groups excluding carboxylic acids is 1. The average molecular weight is 304 g/mol. The van der Waals surface area contributed by atoms with E-state index in [1.165, 1.54) is 0 Å². The van der Waals surface area contributed by atoms with Gasteiger partial charge in [0, 0.05) is 19.5 Å². The van der Waals surface area contributed by atoms with Crippen molar-refractivity contribution in [2.24, 2.45) is 5.16 Å². The molecule has 3 rings (SSSR count). The Kier molecular flexibility index (Phi) is 4.02. The third-order valence-electron chi connectivity index (χ3n) is 4.04. The number of oxime groups is 1. The number of morpholine rings is 1. The number of methoxy groups -OCH3 is 1. The van der Waals surface area contributed by atoms with Crippen molar-refractivity contribution in [1.29, 1.82) is 0 Å². The largest absolute Gasteiger partial charge is 0.497 e. The molecule has 0 aromatic heterocycles. The van der Waals surface area contributed by atoms with Crippen LogP contribution in [0, 0.1) is 0 Å². The number of ether oxygens (including phenoxy) is 2. The molecule has 1 amide bonds. The summed E-state index contributed by atoms with van der Waals surface area (Å²) in [5.74, 6) is 0.762. The fraction of sp³-hybridized carbons (Fsp3) is 0.500. The van der Waals surface area contributed by atoms with Crippen molar-refractivity contribution in [3.05, 3.63) is 29.8 Å². The molecular weight excluding hydrogens is 284 g/mol. The monoisotopic (exact) mass is 304 g/mol. The lowest BCUT2D eigenvalue weighted by Crippen LogP contribution is -2.51. The van der Waals surface area contributed by atoms with E-state index in [9.17, 15) is 4.79 Å². The highest BCUT2D eigenvalue weighted by atomic mass is 16.7. The number of hydrogen-bond donors (Lipinski definition) is 0. The van der Waals surface area contributed by atoms with Crippen molar-refractivity contribution >= 4 is 11.6 Å². The molecule has 0 radical (unpaired) electrons. The van der Waals surface area contributed by atoms with E-state index in [2.05, 4.69) is 5.16 Å². The molecule has 118 valence electrons. The molecule has 6 nitrogen and oxygen atoms in total. The van der Waals surface area contributed by atoms with Gasteiger partial charge in [0.1, 0.15) is 5.75 Å². The number of rotatable bonds is 3.